The van der Waals surface area contributed by atoms with E-state index in [-0.39, 0.29) is 11.8 Å². The van der Waals surface area contributed by atoms with Crippen molar-refractivity contribution in [3.8, 4) is 0 Å². The second-order valence-corrected chi connectivity index (χ2v) is 5.20. The number of hydrogen-bond acceptors (Lipinski definition) is 4. The minimum Gasteiger partial charge on any atom is -0.453 e. The molecule has 1 atom stereocenters. The third-order valence-electron chi connectivity index (χ3n) is 3.39. The van der Waals surface area contributed by atoms with E-state index in [4.69, 9.17) is 11.6 Å². The molecular formula is C14H17ClN2O3. The first-order chi connectivity index (χ1) is 9.51. The number of carbonyl (C=O) groups is 2. The number of benzene rings is 1. The van der Waals surface area contributed by atoms with Gasteiger partial charge in [-0.05, 0) is 31.5 Å². The summed E-state index contributed by atoms with van der Waals surface area (Å²) < 4.78 is 4.59. The minimum atomic E-state index is -0.415. The quantitative estimate of drug-likeness (QED) is 0.871. The number of rotatable bonds is 3. The molecule has 1 amide bonds. The lowest BCUT2D eigenvalue weighted by molar-refractivity contribution is 0.101. The van der Waals surface area contributed by atoms with Crippen molar-refractivity contribution in [2.75, 3.05) is 25.1 Å². The lowest BCUT2D eigenvalue weighted by Gasteiger charge is -2.19. The number of nitrogens with zero attached hydrogens (tertiary/aromatic N) is 1. The molecule has 0 bridgehead atoms. The van der Waals surface area contributed by atoms with Gasteiger partial charge in [0.2, 0.25) is 0 Å². The fourth-order valence-corrected chi connectivity index (χ4v) is 2.63. The number of halogens is 1. The number of ether oxygens (including phenoxy) is 1. The van der Waals surface area contributed by atoms with E-state index in [1.807, 2.05) is 6.07 Å². The summed E-state index contributed by atoms with van der Waals surface area (Å²) in [7, 11) is 1.35. The highest BCUT2D eigenvalue weighted by Gasteiger charge is 2.24. The predicted molar refractivity (Wildman–Crippen MR) is 77.6 cm³/mol. The van der Waals surface area contributed by atoms with E-state index in [1.165, 1.54) is 14.0 Å². The third kappa shape index (κ3) is 3.22. The second-order valence-electron chi connectivity index (χ2n) is 4.79. The fourth-order valence-electron chi connectivity index (χ4n) is 2.32. The van der Waals surface area contributed by atoms with Gasteiger partial charge in [-0.2, -0.15) is 0 Å². The Hall–Kier alpha value is -1.75. The second kappa shape index (κ2) is 6.13. The van der Waals surface area contributed by atoms with Crippen LogP contribution >= 0.6 is 11.6 Å². The van der Waals surface area contributed by atoms with Crippen molar-refractivity contribution in [3.63, 3.8) is 0 Å². The van der Waals surface area contributed by atoms with Gasteiger partial charge in [0.05, 0.1) is 18.2 Å². The van der Waals surface area contributed by atoms with E-state index in [2.05, 4.69) is 15.0 Å². The van der Waals surface area contributed by atoms with E-state index in [0.29, 0.717) is 17.1 Å². The molecule has 6 heteroatoms. The smallest absolute Gasteiger partial charge is 0.407 e. The first-order valence-corrected chi connectivity index (χ1v) is 6.79. The van der Waals surface area contributed by atoms with Gasteiger partial charge in [0.25, 0.3) is 0 Å². The molecule has 2 rings (SSSR count). The molecule has 20 heavy (non-hydrogen) atoms. The fraction of sp³-hybridized carbons (Fsp3) is 0.429. The number of alkyl carbamates (subject to hydrolysis) is 1. The van der Waals surface area contributed by atoms with Gasteiger partial charge in [0, 0.05) is 24.3 Å². The number of anilines is 1. The average molecular weight is 297 g/mol. The number of ketones is 1. The standard InChI is InChI=1S/C14H17ClN2O3/c1-9(18)12-4-3-11(7-13(12)15)17-6-5-10(8-17)16-14(19)20-2/h3-4,7,10H,5-6,8H2,1-2H3,(H,16,19). The maximum atomic E-state index is 11.3. The van der Waals surface area contributed by atoms with Crippen molar-refractivity contribution in [1.82, 2.24) is 5.32 Å². The Morgan fingerprint density at radius 3 is 2.80 bits per heavy atom. The van der Waals surface area contributed by atoms with E-state index in [0.717, 1.165) is 18.7 Å². The van der Waals surface area contributed by atoms with Crippen LogP contribution in [0.15, 0.2) is 18.2 Å². The Morgan fingerprint density at radius 2 is 2.20 bits per heavy atom. The highest BCUT2D eigenvalue weighted by atomic mass is 35.5. The molecule has 0 spiro atoms. The van der Waals surface area contributed by atoms with Crippen LogP contribution in [0.3, 0.4) is 0 Å². The van der Waals surface area contributed by atoms with Gasteiger partial charge in [-0.15, -0.1) is 0 Å². The number of nitrogens with one attached hydrogen (secondary N) is 1. The lowest BCUT2D eigenvalue weighted by atomic mass is 10.1. The molecule has 0 aliphatic carbocycles. The first kappa shape index (κ1) is 14.7. The Bertz CT molecular complexity index is 533. The van der Waals surface area contributed by atoms with Crippen LogP contribution in [0.5, 0.6) is 0 Å². The number of carbonyl (C=O) groups excluding carboxylic acids is 2. The van der Waals surface area contributed by atoms with Gasteiger partial charge in [0.15, 0.2) is 5.78 Å². The first-order valence-electron chi connectivity index (χ1n) is 6.41. The topological polar surface area (TPSA) is 58.6 Å². The molecule has 108 valence electrons. The monoisotopic (exact) mass is 296 g/mol. The van der Waals surface area contributed by atoms with Gasteiger partial charge in [-0.3, -0.25) is 4.79 Å². The van der Waals surface area contributed by atoms with Crippen molar-refractivity contribution in [2.45, 2.75) is 19.4 Å². The maximum Gasteiger partial charge on any atom is 0.407 e. The van der Waals surface area contributed by atoms with Crippen molar-refractivity contribution < 1.29 is 14.3 Å². The number of Topliss-reactive ketones (excluding diaryl/α,β-unsaturated/α-hetero) is 1. The average Bonchev–Trinajstić information content (AvgIpc) is 2.86. The molecule has 0 aromatic heterocycles. The molecule has 1 unspecified atom stereocenters. The third-order valence-corrected chi connectivity index (χ3v) is 3.71. The largest absolute Gasteiger partial charge is 0.453 e. The Morgan fingerprint density at radius 1 is 1.45 bits per heavy atom. The summed E-state index contributed by atoms with van der Waals surface area (Å²) in [6, 6.07) is 5.47. The van der Waals surface area contributed by atoms with Gasteiger partial charge >= 0.3 is 6.09 Å². The van der Waals surface area contributed by atoms with Gasteiger partial charge in [0.1, 0.15) is 0 Å². The summed E-state index contributed by atoms with van der Waals surface area (Å²) in [6.07, 6.45) is 0.433. The number of hydrogen-bond donors (Lipinski definition) is 1. The van der Waals surface area contributed by atoms with Gasteiger partial charge in [-0.1, -0.05) is 11.6 Å². The van der Waals surface area contributed by atoms with Crippen LogP contribution in [-0.2, 0) is 4.74 Å². The zero-order valence-corrected chi connectivity index (χ0v) is 12.2. The van der Waals surface area contributed by atoms with E-state index in [9.17, 15) is 9.59 Å². The molecular weight excluding hydrogens is 280 g/mol. The van der Waals surface area contributed by atoms with Gasteiger partial charge < -0.3 is 15.0 Å². The summed E-state index contributed by atoms with van der Waals surface area (Å²) in [5.41, 5.74) is 1.48. The van der Waals surface area contributed by atoms with E-state index >= 15 is 0 Å². The molecule has 1 aromatic rings. The van der Waals surface area contributed by atoms with Gasteiger partial charge in [-0.25, -0.2) is 4.79 Å². The highest BCUT2D eigenvalue weighted by Crippen LogP contribution is 2.26. The van der Waals surface area contributed by atoms with Crippen LogP contribution in [-0.4, -0.2) is 38.1 Å². The molecule has 1 aliphatic rings. The molecule has 1 N–H and O–H groups in total. The summed E-state index contributed by atoms with van der Waals surface area (Å²) in [6.45, 7) is 3.02. The van der Waals surface area contributed by atoms with Crippen LogP contribution in [0.2, 0.25) is 5.02 Å². The Kier molecular flexibility index (Phi) is 4.49. The molecule has 0 saturated carbocycles. The molecule has 1 fully saturated rings. The summed E-state index contributed by atoms with van der Waals surface area (Å²) >= 11 is 6.11. The van der Waals surface area contributed by atoms with E-state index in [1.54, 1.807) is 12.1 Å². The maximum absolute atomic E-state index is 11.3. The van der Waals surface area contributed by atoms with Crippen molar-refractivity contribution >= 4 is 29.2 Å². The molecule has 1 aromatic carbocycles. The number of amides is 1. The number of methoxy groups -OCH3 is 1. The Labute approximate surface area is 122 Å². The SMILES string of the molecule is COC(=O)NC1CCN(c2ccc(C(C)=O)c(Cl)c2)C1. The zero-order chi connectivity index (χ0) is 14.7. The predicted octanol–water partition coefficient (Wildman–Crippen LogP) is 2.48. The summed E-state index contributed by atoms with van der Waals surface area (Å²) in [4.78, 5) is 24.6. The van der Waals surface area contributed by atoms with Crippen LogP contribution < -0.4 is 10.2 Å². The minimum absolute atomic E-state index is 0.0480. The normalized spacial score (nSPS) is 17.9. The van der Waals surface area contributed by atoms with Crippen molar-refractivity contribution in [2.24, 2.45) is 0 Å². The summed E-state index contributed by atoms with van der Waals surface area (Å²) in [5, 5.41) is 3.24. The van der Waals surface area contributed by atoms with E-state index < -0.39 is 6.09 Å². The molecule has 5 nitrogen and oxygen atoms in total. The zero-order valence-electron chi connectivity index (χ0n) is 11.5. The van der Waals surface area contributed by atoms with Crippen molar-refractivity contribution in [1.29, 1.82) is 0 Å². The summed E-state index contributed by atoms with van der Waals surface area (Å²) in [5.74, 6) is -0.0480. The lowest BCUT2D eigenvalue weighted by Crippen LogP contribution is -2.36. The Balaban J connectivity index is 2.05. The molecule has 1 saturated heterocycles. The van der Waals surface area contributed by atoms with Crippen LogP contribution in [0, 0.1) is 0 Å². The molecule has 1 heterocycles. The molecule has 0 radical (unpaired) electrons. The van der Waals surface area contributed by atoms with Crippen LogP contribution in [0.1, 0.15) is 23.7 Å². The van der Waals surface area contributed by atoms with Crippen LogP contribution in [0.4, 0.5) is 10.5 Å². The van der Waals surface area contributed by atoms with Crippen LogP contribution in [0.25, 0.3) is 0 Å². The highest BCUT2D eigenvalue weighted by molar-refractivity contribution is 6.34. The molecule has 1 aliphatic heterocycles. The van der Waals surface area contributed by atoms with Crippen molar-refractivity contribution in [3.05, 3.63) is 28.8 Å².